The van der Waals surface area contributed by atoms with Crippen molar-refractivity contribution in [2.45, 2.75) is 32.1 Å². The lowest BCUT2D eigenvalue weighted by Crippen LogP contribution is -1.74. The minimum absolute atomic E-state index is 1.16. The zero-order valence-corrected chi connectivity index (χ0v) is 5.90. The van der Waals surface area contributed by atoms with Gasteiger partial charge in [0.15, 0.2) is 0 Å². The molecule has 0 heteroatoms. The highest BCUT2D eigenvalue weighted by Crippen LogP contribution is 2.21. The van der Waals surface area contributed by atoms with Crippen LogP contribution in [0.2, 0.25) is 0 Å². The van der Waals surface area contributed by atoms with Gasteiger partial charge in [-0.3, -0.25) is 0 Å². The third-order valence-corrected chi connectivity index (χ3v) is 1.80. The van der Waals surface area contributed by atoms with Crippen LogP contribution in [0, 0.1) is 0 Å². The Labute approximate surface area is 57.3 Å². The van der Waals surface area contributed by atoms with Crippen LogP contribution in [0.3, 0.4) is 0 Å². The van der Waals surface area contributed by atoms with Crippen LogP contribution < -0.4 is 0 Å². The standard InChI is InChI=1S/C9H14/c1-2-3-6-9-7-4-5-8-9/h2,7H,1,3-6,8H2. The smallest absolute Gasteiger partial charge is 0.0286 e. The topological polar surface area (TPSA) is 0 Å². The normalized spacial score (nSPS) is 17.6. The molecule has 0 aliphatic heterocycles. The molecule has 0 heterocycles. The Morgan fingerprint density at radius 2 is 2.56 bits per heavy atom. The summed E-state index contributed by atoms with van der Waals surface area (Å²) in [4.78, 5) is 0. The van der Waals surface area contributed by atoms with E-state index in [9.17, 15) is 0 Å². The van der Waals surface area contributed by atoms with Crippen molar-refractivity contribution in [3.63, 3.8) is 0 Å². The van der Waals surface area contributed by atoms with Crippen LogP contribution >= 0.6 is 0 Å². The minimum Gasteiger partial charge on any atom is -0.103 e. The highest BCUT2D eigenvalue weighted by Gasteiger charge is 2.01. The van der Waals surface area contributed by atoms with Gasteiger partial charge < -0.3 is 0 Å². The fourth-order valence-corrected chi connectivity index (χ4v) is 1.25. The van der Waals surface area contributed by atoms with E-state index in [0.29, 0.717) is 0 Å². The lowest BCUT2D eigenvalue weighted by Gasteiger charge is -1.94. The Morgan fingerprint density at radius 3 is 3.11 bits per heavy atom. The fraction of sp³-hybridized carbons (Fsp3) is 0.556. The van der Waals surface area contributed by atoms with Gasteiger partial charge in [0.1, 0.15) is 0 Å². The first kappa shape index (κ1) is 6.60. The summed E-state index contributed by atoms with van der Waals surface area (Å²) >= 11 is 0. The van der Waals surface area contributed by atoms with Crippen molar-refractivity contribution in [2.24, 2.45) is 0 Å². The summed E-state index contributed by atoms with van der Waals surface area (Å²) < 4.78 is 0. The second-order valence-electron chi connectivity index (χ2n) is 2.58. The van der Waals surface area contributed by atoms with Crippen LogP contribution in [0.15, 0.2) is 24.3 Å². The average molecular weight is 122 g/mol. The van der Waals surface area contributed by atoms with Gasteiger partial charge in [0, 0.05) is 0 Å². The molecule has 0 atom stereocenters. The zero-order chi connectivity index (χ0) is 6.53. The Bertz CT molecular complexity index is 120. The third kappa shape index (κ3) is 2.05. The van der Waals surface area contributed by atoms with E-state index in [-0.39, 0.29) is 0 Å². The summed E-state index contributed by atoms with van der Waals surface area (Å²) in [5, 5.41) is 0. The quantitative estimate of drug-likeness (QED) is 0.505. The summed E-state index contributed by atoms with van der Waals surface area (Å²) in [7, 11) is 0. The maximum Gasteiger partial charge on any atom is -0.0286 e. The molecule has 0 N–H and O–H groups in total. The average Bonchev–Trinajstić information content (AvgIpc) is 2.34. The summed E-state index contributed by atoms with van der Waals surface area (Å²) in [6.45, 7) is 3.69. The molecule has 0 radical (unpaired) electrons. The predicted molar refractivity (Wildman–Crippen MR) is 41.4 cm³/mol. The molecule has 0 amide bonds. The van der Waals surface area contributed by atoms with Crippen LogP contribution in [-0.2, 0) is 0 Å². The van der Waals surface area contributed by atoms with Crippen LogP contribution in [0.25, 0.3) is 0 Å². The zero-order valence-electron chi connectivity index (χ0n) is 5.90. The molecular weight excluding hydrogens is 108 g/mol. The largest absolute Gasteiger partial charge is 0.103 e. The number of allylic oxidation sites excluding steroid dienone is 3. The summed E-state index contributed by atoms with van der Waals surface area (Å²) in [6.07, 6.45) is 10.8. The molecule has 0 unspecified atom stereocenters. The van der Waals surface area contributed by atoms with Gasteiger partial charge in [0.05, 0.1) is 0 Å². The van der Waals surface area contributed by atoms with Crippen LogP contribution in [-0.4, -0.2) is 0 Å². The Hall–Kier alpha value is -0.520. The Balaban J connectivity index is 2.18. The van der Waals surface area contributed by atoms with Gasteiger partial charge in [-0.2, -0.15) is 0 Å². The van der Waals surface area contributed by atoms with Crippen molar-refractivity contribution >= 4 is 0 Å². The van der Waals surface area contributed by atoms with E-state index in [1.54, 1.807) is 5.57 Å². The van der Waals surface area contributed by atoms with E-state index >= 15 is 0 Å². The third-order valence-electron chi connectivity index (χ3n) is 1.80. The van der Waals surface area contributed by atoms with E-state index in [2.05, 4.69) is 12.7 Å². The van der Waals surface area contributed by atoms with Gasteiger partial charge in [0.25, 0.3) is 0 Å². The Morgan fingerprint density at radius 1 is 1.67 bits per heavy atom. The molecule has 0 saturated carbocycles. The summed E-state index contributed by atoms with van der Waals surface area (Å²) in [5.41, 5.74) is 1.65. The molecular formula is C9H14. The van der Waals surface area contributed by atoms with Crippen molar-refractivity contribution in [2.75, 3.05) is 0 Å². The first-order chi connectivity index (χ1) is 4.43. The maximum atomic E-state index is 3.69. The highest BCUT2D eigenvalue weighted by atomic mass is 14.1. The van der Waals surface area contributed by atoms with Gasteiger partial charge in [0.2, 0.25) is 0 Å². The van der Waals surface area contributed by atoms with E-state index in [1.807, 2.05) is 6.08 Å². The molecule has 50 valence electrons. The van der Waals surface area contributed by atoms with Crippen LogP contribution in [0.5, 0.6) is 0 Å². The molecule has 0 fully saturated rings. The monoisotopic (exact) mass is 122 g/mol. The molecule has 0 nitrogen and oxygen atoms in total. The molecule has 0 bridgehead atoms. The van der Waals surface area contributed by atoms with Crippen molar-refractivity contribution in [1.29, 1.82) is 0 Å². The van der Waals surface area contributed by atoms with Gasteiger partial charge in [-0.05, 0) is 32.1 Å². The number of rotatable bonds is 3. The molecule has 0 aromatic carbocycles. The molecule has 1 aliphatic carbocycles. The predicted octanol–water partition coefficient (Wildman–Crippen LogP) is 3.06. The van der Waals surface area contributed by atoms with Gasteiger partial charge in [-0.25, -0.2) is 0 Å². The SMILES string of the molecule is C=CCCC1=CCCC1. The maximum absolute atomic E-state index is 3.69. The summed E-state index contributed by atoms with van der Waals surface area (Å²) in [6, 6.07) is 0. The van der Waals surface area contributed by atoms with Crippen molar-refractivity contribution in [1.82, 2.24) is 0 Å². The van der Waals surface area contributed by atoms with Gasteiger partial charge >= 0.3 is 0 Å². The lowest BCUT2D eigenvalue weighted by atomic mass is 10.1. The second kappa shape index (κ2) is 3.49. The molecule has 0 saturated heterocycles. The van der Waals surface area contributed by atoms with Crippen LogP contribution in [0.4, 0.5) is 0 Å². The fourth-order valence-electron chi connectivity index (χ4n) is 1.25. The highest BCUT2D eigenvalue weighted by molar-refractivity contribution is 5.07. The van der Waals surface area contributed by atoms with E-state index in [4.69, 9.17) is 0 Å². The van der Waals surface area contributed by atoms with E-state index < -0.39 is 0 Å². The van der Waals surface area contributed by atoms with Gasteiger partial charge in [-0.1, -0.05) is 17.7 Å². The number of hydrogen-bond acceptors (Lipinski definition) is 0. The molecule has 0 aromatic heterocycles. The second-order valence-corrected chi connectivity index (χ2v) is 2.58. The van der Waals surface area contributed by atoms with Crippen molar-refractivity contribution in [3.8, 4) is 0 Å². The first-order valence-corrected chi connectivity index (χ1v) is 3.72. The van der Waals surface area contributed by atoms with Gasteiger partial charge in [-0.15, -0.1) is 6.58 Å². The first-order valence-electron chi connectivity index (χ1n) is 3.72. The lowest BCUT2D eigenvalue weighted by molar-refractivity contribution is 0.856. The van der Waals surface area contributed by atoms with E-state index in [0.717, 1.165) is 6.42 Å². The van der Waals surface area contributed by atoms with Crippen molar-refractivity contribution < 1.29 is 0 Å². The van der Waals surface area contributed by atoms with Crippen molar-refractivity contribution in [3.05, 3.63) is 24.3 Å². The molecule has 1 aliphatic rings. The minimum atomic E-state index is 1.16. The molecule has 1 rings (SSSR count). The molecule has 0 spiro atoms. The molecule has 0 aromatic rings. The summed E-state index contributed by atoms with van der Waals surface area (Å²) in [5.74, 6) is 0. The van der Waals surface area contributed by atoms with E-state index in [1.165, 1.54) is 25.7 Å². The van der Waals surface area contributed by atoms with Crippen LogP contribution in [0.1, 0.15) is 32.1 Å². The molecule has 9 heavy (non-hydrogen) atoms. The number of hydrogen-bond donors (Lipinski definition) is 0. The Kier molecular flexibility index (Phi) is 2.56.